The number of esters is 1. The number of hydrogen-bond donors (Lipinski definition) is 3. The number of alkyl halides is 3. The molecular formula is C19H17Cl3N4O5S. The lowest BCUT2D eigenvalue weighted by molar-refractivity contribution is -0.384. The Hall–Kier alpha value is -2.66. The molecule has 2 aromatic carbocycles. The first-order valence-corrected chi connectivity index (χ1v) is 10.5. The first-order chi connectivity index (χ1) is 15.0. The minimum atomic E-state index is -2.05. The number of para-hydroxylation sites is 1. The van der Waals surface area contributed by atoms with Crippen LogP contribution < -0.4 is 16.0 Å². The Kier molecular flexibility index (Phi) is 9.02. The molecule has 0 spiro atoms. The van der Waals surface area contributed by atoms with Crippen molar-refractivity contribution in [1.82, 2.24) is 10.6 Å². The number of thiocarbonyl (C=S) groups is 1. The van der Waals surface area contributed by atoms with Crippen molar-refractivity contribution in [1.29, 1.82) is 0 Å². The largest absolute Gasteiger partial charge is 0.462 e. The summed E-state index contributed by atoms with van der Waals surface area (Å²) >= 11 is 23.1. The molecule has 0 saturated carbocycles. The number of non-ortho nitro benzene ring substituents is 1. The quantitative estimate of drug-likeness (QED) is 0.124. The Morgan fingerprint density at radius 1 is 1.16 bits per heavy atom. The fourth-order valence-electron chi connectivity index (χ4n) is 2.44. The molecule has 2 aromatic rings. The van der Waals surface area contributed by atoms with Crippen LogP contribution in [0.4, 0.5) is 11.4 Å². The lowest BCUT2D eigenvalue weighted by Crippen LogP contribution is -2.56. The van der Waals surface area contributed by atoms with E-state index >= 15 is 0 Å². The number of carbonyl (C=O) groups is 2. The van der Waals surface area contributed by atoms with Crippen LogP contribution in [0.3, 0.4) is 0 Å². The average Bonchev–Trinajstić information content (AvgIpc) is 2.73. The van der Waals surface area contributed by atoms with Gasteiger partial charge < -0.3 is 20.7 Å². The van der Waals surface area contributed by atoms with Crippen molar-refractivity contribution in [2.75, 3.05) is 11.9 Å². The van der Waals surface area contributed by atoms with Gasteiger partial charge in [0.2, 0.25) is 3.79 Å². The van der Waals surface area contributed by atoms with Crippen LogP contribution in [-0.2, 0) is 4.74 Å². The molecule has 170 valence electrons. The number of amides is 1. The molecule has 3 N–H and O–H groups in total. The molecule has 0 heterocycles. The predicted octanol–water partition coefficient (Wildman–Crippen LogP) is 4.18. The van der Waals surface area contributed by atoms with Gasteiger partial charge in [0.05, 0.1) is 22.8 Å². The third-order valence-corrected chi connectivity index (χ3v) is 4.74. The van der Waals surface area contributed by atoms with E-state index < -0.39 is 26.8 Å². The van der Waals surface area contributed by atoms with Crippen LogP contribution >= 0.6 is 47.0 Å². The van der Waals surface area contributed by atoms with E-state index in [1.54, 1.807) is 31.2 Å². The second-order valence-corrected chi connectivity index (χ2v) is 8.90. The Labute approximate surface area is 203 Å². The highest BCUT2D eigenvalue weighted by Gasteiger charge is 2.35. The molecule has 32 heavy (non-hydrogen) atoms. The van der Waals surface area contributed by atoms with Crippen LogP contribution in [0.25, 0.3) is 0 Å². The Morgan fingerprint density at radius 3 is 2.47 bits per heavy atom. The van der Waals surface area contributed by atoms with Gasteiger partial charge in [-0.3, -0.25) is 14.9 Å². The number of anilines is 1. The van der Waals surface area contributed by atoms with Crippen LogP contribution in [0.15, 0.2) is 48.5 Å². The van der Waals surface area contributed by atoms with Gasteiger partial charge in [0, 0.05) is 17.7 Å². The summed E-state index contributed by atoms with van der Waals surface area (Å²) in [4.78, 5) is 35.0. The van der Waals surface area contributed by atoms with Crippen LogP contribution in [0.2, 0.25) is 0 Å². The Bertz CT molecular complexity index is 1030. The Morgan fingerprint density at radius 2 is 1.84 bits per heavy atom. The number of nitrogens with one attached hydrogen (secondary N) is 3. The molecule has 0 saturated heterocycles. The van der Waals surface area contributed by atoms with E-state index in [9.17, 15) is 19.7 Å². The monoisotopic (exact) mass is 518 g/mol. The molecule has 9 nitrogen and oxygen atoms in total. The smallest absolute Gasteiger partial charge is 0.340 e. The average molecular weight is 520 g/mol. The lowest BCUT2D eigenvalue weighted by atomic mass is 10.2. The Balaban J connectivity index is 2.16. The van der Waals surface area contributed by atoms with Gasteiger partial charge in [0.1, 0.15) is 6.17 Å². The maximum absolute atomic E-state index is 12.6. The van der Waals surface area contributed by atoms with Crippen molar-refractivity contribution >= 4 is 75.4 Å². The molecule has 2 rings (SSSR count). The molecule has 0 bridgehead atoms. The molecule has 0 radical (unpaired) electrons. The fourth-order valence-corrected chi connectivity index (χ4v) is 3.00. The molecular weight excluding hydrogens is 503 g/mol. The van der Waals surface area contributed by atoms with Gasteiger partial charge in [-0.15, -0.1) is 0 Å². The highest BCUT2D eigenvalue weighted by atomic mass is 35.6. The normalized spacial score (nSPS) is 11.8. The summed E-state index contributed by atoms with van der Waals surface area (Å²) in [7, 11) is 0. The third-order valence-electron chi connectivity index (χ3n) is 3.87. The maximum Gasteiger partial charge on any atom is 0.340 e. The number of rotatable bonds is 7. The minimum absolute atomic E-state index is 0.0215. The molecule has 13 heteroatoms. The van der Waals surface area contributed by atoms with E-state index in [2.05, 4.69) is 16.0 Å². The van der Waals surface area contributed by atoms with Crippen LogP contribution in [0.5, 0.6) is 0 Å². The van der Waals surface area contributed by atoms with E-state index in [0.29, 0.717) is 5.69 Å². The zero-order chi connectivity index (χ0) is 23.9. The van der Waals surface area contributed by atoms with E-state index in [4.69, 9.17) is 51.8 Å². The highest BCUT2D eigenvalue weighted by molar-refractivity contribution is 7.80. The number of nitro benzene ring substituents is 1. The topological polar surface area (TPSA) is 123 Å². The number of benzene rings is 2. The van der Waals surface area contributed by atoms with E-state index in [1.807, 2.05) is 0 Å². The summed E-state index contributed by atoms with van der Waals surface area (Å²) in [6.45, 7) is 1.87. The number of ether oxygens (including phenoxy) is 1. The molecule has 1 unspecified atom stereocenters. The fraction of sp³-hybridized carbons (Fsp3) is 0.211. The summed E-state index contributed by atoms with van der Waals surface area (Å²) in [6, 6.07) is 11.5. The van der Waals surface area contributed by atoms with E-state index in [1.165, 1.54) is 18.2 Å². The summed E-state index contributed by atoms with van der Waals surface area (Å²) in [5.41, 5.74) is 0.261. The summed E-state index contributed by atoms with van der Waals surface area (Å²) in [5, 5.41) is 18.7. The van der Waals surface area contributed by atoms with Gasteiger partial charge in [-0.05, 0) is 37.3 Å². The molecule has 0 aliphatic heterocycles. The van der Waals surface area contributed by atoms with Crippen LogP contribution in [0.1, 0.15) is 27.6 Å². The van der Waals surface area contributed by atoms with Crippen molar-refractivity contribution in [3.8, 4) is 0 Å². The SMILES string of the molecule is CCOC(=O)c1ccccc1NC(=S)NC(NC(=O)c1cccc([N+](=O)[O-])c1)C(Cl)(Cl)Cl. The van der Waals surface area contributed by atoms with Gasteiger partial charge >= 0.3 is 5.97 Å². The summed E-state index contributed by atoms with van der Waals surface area (Å²) in [6.07, 6.45) is -1.32. The van der Waals surface area contributed by atoms with Crippen molar-refractivity contribution in [3.05, 3.63) is 69.8 Å². The van der Waals surface area contributed by atoms with Crippen molar-refractivity contribution in [3.63, 3.8) is 0 Å². The second-order valence-electron chi connectivity index (χ2n) is 6.12. The molecule has 0 aliphatic rings. The minimum Gasteiger partial charge on any atom is -0.462 e. The number of nitro groups is 1. The zero-order valence-electron chi connectivity index (χ0n) is 16.4. The highest BCUT2D eigenvalue weighted by Crippen LogP contribution is 2.29. The number of halogens is 3. The van der Waals surface area contributed by atoms with Gasteiger partial charge in [0.15, 0.2) is 5.11 Å². The first kappa shape index (κ1) is 25.6. The molecule has 1 atom stereocenters. The molecule has 1 amide bonds. The van der Waals surface area contributed by atoms with Crippen molar-refractivity contribution in [2.24, 2.45) is 0 Å². The third kappa shape index (κ3) is 7.20. The molecule has 0 aliphatic carbocycles. The van der Waals surface area contributed by atoms with E-state index in [-0.39, 0.29) is 28.5 Å². The van der Waals surface area contributed by atoms with Crippen LogP contribution in [-0.4, -0.2) is 38.5 Å². The van der Waals surface area contributed by atoms with Crippen molar-refractivity contribution in [2.45, 2.75) is 16.9 Å². The lowest BCUT2D eigenvalue weighted by Gasteiger charge is -2.28. The molecule has 0 fully saturated rings. The zero-order valence-corrected chi connectivity index (χ0v) is 19.5. The summed E-state index contributed by atoms with van der Waals surface area (Å²) in [5.74, 6) is -1.30. The second kappa shape index (κ2) is 11.3. The van der Waals surface area contributed by atoms with E-state index in [0.717, 1.165) is 6.07 Å². The molecule has 0 aromatic heterocycles. The maximum atomic E-state index is 12.6. The standard InChI is InChI=1S/C19H17Cl3N4O5S/c1-2-31-16(28)13-8-3-4-9-14(13)23-18(32)25-17(19(20,21)22)24-15(27)11-6-5-7-12(10-11)26(29)30/h3-10,17H,2H2,1H3,(H,24,27)(H2,23,25,32). The number of nitrogens with zero attached hydrogens (tertiary/aromatic N) is 1. The van der Waals surface area contributed by atoms with Gasteiger partial charge in [-0.25, -0.2) is 4.79 Å². The van der Waals surface area contributed by atoms with Gasteiger partial charge in [-0.2, -0.15) is 0 Å². The predicted molar refractivity (Wildman–Crippen MR) is 126 cm³/mol. The van der Waals surface area contributed by atoms with Gasteiger partial charge in [0.25, 0.3) is 11.6 Å². The van der Waals surface area contributed by atoms with Crippen molar-refractivity contribution < 1.29 is 19.2 Å². The van der Waals surface area contributed by atoms with Gasteiger partial charge in [-0.1, -0.05) is 53.0 Å². The van der Waals surface area contributed by atoms with Crippen LogP contribution in [0, 0.1) is 10.1 Å². The summed E-state index contributed by atoms with van der Waals surface area (Å²) < 4.78 is 2.95. The number of hydrogen-bond acceptors (Lipinski definition) is 6. The first-order valence-electron chi connectivity index (χ1n) is 8.98. The number of carbonyl (C=O) groups excluding carboxylic acids is 2.